The Kier molecular flexibility index (Phi) is 5.04. The number of allylic oxidation sites excluding steroid dienone is 1. The van der Waals surface area contributed by atoms with Gasteiger partial charge in [-0.15, -0.1) is 0 Å². The molecule has 0 radical (unpaired) electrons. The maximum absolute atomic E-state index is 12.4. The Hall–Kier alpha value is -2.62. The van der Waals surface area contributed by atoms with E-state index in [0.717, 1.165) is 38.2 Å². The molecule has 0 bridgehead atoms. The van der Waals surface area contributed by atoms with Crippen LogP contribution in [0, 0.1) is 0 Å². The number of aromatic nitrogens is 1. The number of anilines is 1. The van der Waals surface area contributed by atoms with Crippen molar-refractivity contribution in [3.63, 3.8) is 0 Å². The van der Waals surface area contributed by atoms with E-state index < -0.39 is 0 Å². The molecule has 1 aromatic carbocycles. The first-order chi connectivity index (χ1) is 11.3. The van der Waals surface area contributed by atoms with E-state index in [2.05, 4.69) is 29.3 Å². The van der Waals surface area contributed by atoms with E-state index in [-0.39, 0.29) is 6.03 Å². The van der Waals surface area contributed by atoms with Crippen LogP contribution in [0.15, 0.2) is 60.9 Å². The van der Waals surface area contributed by atoms with Crippen LogP contribution in [0.5, 0.6) is 0 Å². The van der Waals surface area contributed by atoms with E-state index in [9.17, 15) is 4.79 Å². The molecular formula is C19H21N3O. The molecule has 0 atom stereocenters. The molecule has 0 saturated carbocycles. The van der Waals surface area contributed by atoms with Gasteiger partial charge < -0.3 is 4.90 Å². The molecule has 1 aliphatic heterocycles. The Morgan fingerprint density at radius 3 is 2.61 bits per heavy atom. The summed E-state index contributed by atoms with van der Waals surface area (Å²) in [6, 6.07) is 14.1. The number of urea groups is 1. The molecule has 1 saturated heterocycles. The third-order valence-corrected chi connectivity index (χ3v) is 3.98. The van der Waals surface area contributed by atoms with Crippen molar-refractivity contribution in [2.45, 2.75) is 12.8 Å². The van der Waals surface area contributed by atoms with Crippen LogP contribution >= 0.6 is 0 Å². The van der Waals surface area contributed by atoms with Gasteiger partial charge >= 0.3 is 6.03 Å². The zero-order valence-corrected chi connectivity index (χ0v) is 13.1. The second kappa shape index (κ2) is 7.58. The average Bonchev–Trinajstić information content (AvgIpc) is 2.97. The quantitative estimate of drug-likeness (QED) is 0.761. The molecule has 0 unspecified atom stereocenters. The minimum absolute atomic E-state index is 0.100. The number of unbranched alkanes of at least 4 members (excludes halogenated alkanes) is 1. The Morgan fingerprint density at radius 2 is 1.83 bits per heavy atom. The molecule has 118 valence electrons. The van der Waals surface area contributed by atoms with Crippen molar-refractivity contribution in [3.05, 3.63) is 66.5 Å². The fourth-order valence-corrected chi connectivity index (χ4v) is 2.74. The summed E-state index contributed by atoms with van der Waals surface area (Å²) in [6.07, 6.45) is 9.72. The Labute approximate surface area is 137 Å². The number of hydrogen-bond donors (Lipinski definition) is 0. The third kappa shape index (κ3) is 3.97. The zero-order chi connectivity index (χ0) is 15.9. The molecular weight excluding hydrogens is 286 g/mol. The summed E-state index contributed by atoms with van der Waals surface area (Å²) in [4.78, 5) is 20.1. The first-order valence-electron chi connectivity index (χ1n) is 8.02. The van der Waals surface area contributed by atoms with Gasteiger partial charge in [0, 0.05) is 37.7 Å². The SMILES string of the molecule is O=C1N(CCCC=Cc2ccccc2)CCN1c1ccncc1. The van der Waals surface area contributed by atoms with Crippen LogP contribution < -0.4 is 4.90 Å². The first-order valence-corrected chi connectivity index (χ1v) is 8.02. The monoisotopic (exact) mass is 307 g/mol. The van der Waals surface area contributed by atoms with Gasteiger partial charge in [0.25, 0.3) is 0 Å². The van der Waals surface area contributed by atoms with Crippen molar-refractivity contribution in [1.29, 1.82) is 0 Å². The highest BCUT2D eigenvalue weighted by molar-refractivity contribution is 5.93. The molecule has 23 heavy (non-hydrogen) atoms. The molecule has 1 aromatic heterocycles. The molecule has 4 heteroatoms. The van der Waals surface area contributed by atoms with E-state index >= 15 is 0 Å². The lowest BCUT2D eigenvalue weighted by Crippen LogP contribution is -2.32. The van der Waals surface area contributed by atoms with Gasteiger partial charge in [-0.05, 0) is 30.5 Å². The summed E-state index contributed by atoms with van der Waals surface area (Å²) in [5.41, 5.74) is 2.14. The van der Waals surface area contributed by atoms with Crippen molar-refractivity contribution in [2.24, 2.45) is 0 Å². The first kappa shape index (κ1) is 15.3. The molecule has 2 heterocycles. The molecule has 2 aromatic rings. The number of rotatable bonds is 6. The van der Waals surface area contributed by atoms with Crippen molar-refractivity contribution >= 4 is 17.8 Å². The minimum atomic E-state index is 0.100. The number of carbonyl (C=O) groups excluding carboxylic acids is 1. The second-order valence-corrected chi connectivity index (χ2v) is 5.58. The van der Waals surface area contributed by atoms with Crippen LogP contribution in [0.4, 0.5) is 10.5 Å². The van der Waals surface area contributed by atoms with E-state index in [1.54, 1.807) is 12.4 Å². The van der Waals surface area contributed by atoms with Gasteiger partial charge in [-0.1, -0.05) is 42.5 Å². The summed E-state index contributed by atoms with van der Waals surface area (Å²) in [7, 11) is 0. The number of hydrogen-bond acceptors (Lipinski definition) is 2. The number of benzene rings is 1. The maximum atomic E-state index is 12.4. The number of amides is 2. The summed E-state index contributed by atoms with van der Waals surface area (Å²) in [5.74, 6) is 0. The van der Waals surface area contributed by atoms with Crippen LogP contribution in [0.3, 0.4) is 0 Å². The normalized spacial score (nSPS) is 14.9. The lowest BCUT2D eigenvalue weighted by molar-refractivity contribution is 0.220. The summed E-state index contributed by atoms with van der Waals surface area (Å²) in [6.45, 7) is 2.35. The lowest BCUT2D eigenvalue weighted by Gasteiger charge is -2.18. The zero-order valence-electron chi connectivity index (χ0n) is 13.1. The second-order valence-electron chi connectivity index (χ2n) is 5.58. The smallest absolute Gasteiger partial charge is 0.323 e. The van der Waals surface area contributed by atoms with Crippen molar-refractivity contribution in [1.82, 2.24) is 9.88 Å². The summed E-state index contributed by atoms with van der Waals surface area (Å²) in [5, 5.41) is 0. The van der Waals surface area contributed by atoms with Crippen molar-refractivity contribution in [2.75, 3.05) is 24.5 Å². The van der Waals surface area contributed by atoms with Gasteiger partial charge in [0.05, 0.1) is 0 Å². The average molecular weight is 307 g/mol. The maximum Gasteiger partial charge on any atom is 0.324 e. The van der Waals surface area contributed by atoms with E-state index in [0.29, 0.717) is 0 Å². The minimum Gasteiger partial charge on any atom is -0.323 e. The number of pyridine rings is 1. The Bertz CT molecular complexity index is 655. The highest BCUT2D eigenvalue weighted by Crippen LogP contribution is 2.19. The van der Waals surface area contributed by atoms with Crippen LogP contribution in [0.2, 0.25) is 0 Å². The van der Waals surface area contributed by atoms with Gasteiger partial charge in [0.2, 0.25) is 0 Å². The fourth-order valence-electron chi connectivity index (χ4n) is 2.74. The highest BCUT2D eigenvalue weighted by Gasteiger charge is 2.28. The molecule has 1 aliphatic rings. The van der Waals surface area contributed by atoms with E-state index in [4.69, 9.17) is 0 Å². The van der Waals surface area contributed by atoms with Crippen LogP contribution in [-0.4, -0.2) is 35.5 Å². The fraction of sp³-hybridized carbons (Fsp3) is 0.263. The van der Waals surface area contributed by atoms with Crippen molar-refractivity contribution < 1.29 is 4.79 Å². The molecule has 2 amide bonds. The van der Waals surface area contributed by atoms with E-state index in [1.165, 1.54) is 5.56 Å². The molecule has 3 rings (SSSR count). The predicted molar refractivity (Wildman–Crippen MR) is 93.3 cm³/mol. The van der Waals surface area contributed by atoms with E-state index in [1.807, 2.05) is 40.1 Å². The van der Waals surface area contributed by atoms with Crippen LogP contribution in [0.25, 0.3) is 6.08 Å². The molecule has 4 nitrogen and oxygen atoms in total. The van der Waals surface area contributed by atoms with Gasteiger partial charge in [-0.25, -0.2) is 4.79 Å². The summed E-state index contributed by atoms with van der Waals surface area (Å²) < 4.78 is 0. The topological polar surface area (TPSA) is 36.4 Å². The lowest BCUT2D eigenvalue weighted by atomic mass is 10.2. The van der Waals surface area contributed by atoms with Crippen LogP contribution in [-0.2, 0) is 0 Å². The standard InChI is InChI=1S/C19H21N3O/c23-19-21(15-16-22(19)18-10-12-20-13-11-18)14-6-2-5-9-17-7-3-1-4-8-17/h1,3-5,7-13H,2,6,14-16H2. The number of carbonyl (C=O) groups is 1. The Balaban J connectivity index is 1.45. The van der Waals surface area contributed by atoms with Gasteiger partial charge in [-0.2, -0.15) is 0 Å². The largest absolute Gasteiger partial charge is 0.324 e. The predicted octanol–water partition coefficient (Wildman–Crippen LogP) is 3.82. The summed E-state index contributed by atoms with van der Waals surface area (Å²) >= 11 is 0. The van der Waals surface area contributed by atoms with Gasteiger partial charge in [0.1, 0.15) is 0 Å². The highest BCUT2D eigenvalue weighted by atomic mass is 16.2. The molecule has 0 spiro atoms. The molecule has 0 aliphatic carbocycles. The van der Waals surface area contributed by atoms with Gasteiger partial charge in [0.15, 0.2) is 0 Å². The molecule has 1 fully saturated rings. The van der Waals surface area contributed by atoms with Crippen molar-refractivity contribution in [3.8, 4) is 0 Å². The Morgan fingerprint density at radius 1 is 1.04 bits per heavy atom. The molecule has 0 N–H and O–H groups in total. The number of nitrogens with zero attached hydrogens (tertiary/aromatic N) is 3. The van der Waals surface area contributed by atoms with Gasteiger partial charge in [-0.3, -0.25) is 9.88 Å². The van der Waals surface area contributed by atoms with Crippen LogP contribution in [0.1, 0.15) is 18.4 Å². The third-order valence-electron chi connectivity index (χ3n) is 3.98.